The average Bonchev–Trinajstić information content (AvgIpc) is 2.76. The molecule has 1 aliphatic heterocycles. The van der Waals surface area contributed by atoms with Crippen LogP contribution >= 0.6 is 23.4 Å². The van der Waals surface area contributed by atoms with Crippen LogP contribution in [0.15, 0.2) is 58.7 Å². The summed E-state index contributed by atoms with van der Waals surface area (Å²) in [6, 6.07) is 12.7. The lowest BCUT2D eigenvalue weighted by atomic mass is 10.1. The first-order valence-electron chi connectivity index (χ1n) is 9.47. The molecule has 1 aromatic heterocycles. The van der Waals surface area contributed by atoms with E-state index in [1.807, 2.05) is 24.3 Å². The molecule has 31 heavy (non-hydrogen) atoms. The van der Waals surface area contributed by atoms with Crippen LogP contribution in [0.3, 0.4) is 0 Å². The molecule has 0 spiro atoms. The van der Waals surface area contributed by atoms with Crippen molar-refractivity contribution in [3.05, 3.63) is 59.2 Å². The maximum absolute atomic E-state index is 12.8. The van der Waals surface area contributed by atoms with Crippen LogP contribution in [-0.2, 0) is 21.2 Å². The number of halogens is 1. The highest BCUT2D eigenvalue weighted by atomic mass is 35.5. The van der Waals surface area contributed by atoms with Crippen molar-refractivity contribution in [2.45, 2.75) is 23.4 Å². The van der Waals surface area contributed by atoms with Gasteiger partial charge in [-0.2, -0.15) is 0 Å². The minimum absolute atomic E-state index is 0.0228. The number of fused-ring (bicyclic) bond motifs is 3. The summed E-state index contributed by atoms with van der Waals surface area (Å²) in [5.74, 6) is -0.107. The van der Waals surface area contributed by atoms with Crippen molar-refractivity contribution in [2.24, 2.45) is 0 Å². The molecule has 1 N–H and O–H groups in total. The number of carbonyl (C=O) groups excluding carboxylic acids is 1. The number of aromatic nitrogens is 2. The van der Waals surface area contributed by atoms with Gasteiger partial charge in [-0.1, -0.05) is 42.4 Å². The number of rotatable bonds is 5. The summed E-state index contributed by atoms with van der Waals surface area (Å²) >= 11 is 7.20. The third-order valence-corrected chi connectivity index (χ3v) is 7.77. The predicted octanol–water partition coefficient (Wildman–Crippen LogP) is 4.23. The maximum Gasteiger partial charge on any atom is 0.267 e. The second kappa shape index (κ2) is 8.49. The number of hydrogen-bond acceptors (Lipinski definition) is 6. The molecule has 2 heterocycles. The number of nitrogens with one attached hydrogen (secondary N) is 1. The maximum atomic E-state index is 12.8. The van der Waals surface area contributed by atoms with Crippen LogP contribution in [0.4, 0.5) is 11.4 Å². The van der Waals surface area contributed by atoms with Gasteiger partial charge in [0.15, 0.2) is 5.16 Å². The van der Waals surface area contributed by atoms with E-state index in [1.165, 1.54) is 23.1 Å². The lowest BCUT2D eigenvalue weighted by Crippen LogP contribution is -2.31. The van der Waals surface area contributed by atoms with Gasteiger partial charge < -0.3 is 5.32 Å². The van der Waals surface area contributed by atoms with Crippen molar-refractivity contribution in [1.29, 1.82) is 0 Å². The van der Waals surface area contributed by atoms with Crippen molar-refractivity contribution in [3.63, 3.8) is 0 Å². The minimum atomic E-state index is -3.78. The first-order chi connectivity index (χ1) is 14.8. The molecular weight excluding hydrogens is 456 g/mol. The van der Waals surface area contributed by atoms with E-state index in [0.29, 0.717) is 32.8 Å². The third kappa shape index (κ3) is 4.26. The Kier molecular flexibility index (Phi) is 5.92. The highest BCUT2D eigenvalue weighted by molar-refractivity contribution is 7.99. The Hall–Kier alpha value is -2.62. The van der Waals surface area contributed by atoms with Crippen LogP contribution in [0.1, 0.15) is 12.5 Å². The molecule has 0 fully saturated rings. The van der Waals surface area contributed by atoms with Gasteiger partial charge >= 0.3 is 0 Å². The Bertz CT molecular complexity index is 1260. The highest BCUT2D eigenvalue weighted by Crippen LogP contribution is 2.42. The topological polar surface area (TPSA) is 92.3 Å². The zero-order chi connectivity index (χ0) is 22.2. The lowest BCUT2D eigenvalue weighted by molar-refractivity contribution is -0.113. The van der Waals surface area contributed by atoms with E-state index < -0.39 is 10.0 Å². The fourth-order valence-electron chi connectivity index (χ4n) is 3.20. The quantitative estimate of drug-likeness (QED) is 0.439. The normalized spacial score (nSPS) is 14.0. The molecule has 3 aromatic rings. The molecule has 0 saturated carbocycles. The SMILES string of the molecule is CCc1ccc(NC(=O)CSc2ncc3c(n2)-c2ccc(Cl)cc2N(C)S3(=O)=O)cc1. The van der Waals surface area contributed by atoms with E-state index in [-0.39, 0.29) is 16.6 Å². The number of nitrogens with zero attached hydrogens (tertiary/aromatic N) is 3. The summed E-state index contributed by atoms with van der Waals surface area (Å²) in [7, 11) is -2.32. The van der Waals surface area contributed by atoms with E-state index in [1.54, 1.807) is 18.2 Å². The van der Waals surface area contributed by atoms with Gasteiger partial charge in [0.1, 0.15) is 4.90 Å². The van der Waals surface area contributed by atoms with Crippen molar-refractivity contribution < 1.29 is 13.2 Å². The number of amides is 1. The molecule has 1 aliphatic rings. The van der Waals surface area contributed by atoms with Crippen LogP contribution in [0.2, 0.25) is 5.02 Å². The molecule has 160 valence electrons. The van der Waals surface area contributed by atoms with E-state index in [4.69, 9.17) is 11.6 Å². The van der Waals surface area contributed by atoms with Crippen LogP contribution in [0.5, 0.6) is 0 Å². The number of carbonyl (C=O) groups is 1. The van der Waals surface area contributed by atoms with Crippen LogP contribution in [0, 0.1) is 0 Å². The molecule has 1 amide bonds. The molecule has 0 radical (unpaired) electrons. The molecule has 0 aliphatic carbocycles. The van der Waals surface area contributed by atoms with Gasteiger partial charge in [-0.05, 0) is 42.3 Å². The molecule has 0 saturated heterocycles. The Morgan fingerprint density at radius 2 is 1.94 bits per heavy atom. The summed E-state index contributed by atoms with van der Waals surface area (Å²) in [6.45, 7) is 2.07. The van der Waals surface area contributed by atoms with Gasteiger partial charge in [-0.15, -0.1) is 0 Å². The average molecular weight is 475 g/mol. The van der Waals surface area contributed by atoms with Crippen LogP contribution in [0.25, 0.3) is 11.3 Å². The first kappa shape index (κ1) is 21.6. The van der Waals surface area contributed by atoms with Crippen molar-refractivity contribution >= 4 is 50.7 Å². The van der Waals surface area contributed by atoms with Gasteiger partial charge in [-0.3, -0.25) is 9.10 Å². The van der Waals surface area contributed by atoms with Gasteiger partial charge in [-0.25, -0.2) is 18.4 Å². The molecule has 4 rings (SSSR count). The number of anilines is 2. The van der Waals surface area contributed by atoms with Gasteiger partial charge in [0, 0.05) is 23.3 Å². The monoisotopic (exact) mass is 474 g/mol. The Balaban J connectivity index is 1.55. The summed E-state index contributed by atoms with van der Waals surface area (Å²) < 4.78 is 26.8. The smallest absolute Gasteiger partial charge is 0.267 e. The highest BCUT2D eigenvalue weighted by Gasteiger charge is 2.34. The molecule has 0 unspecified atom stereocenters. The summed E-state index contributed by atoms with van der Waals surface area (Å²) in [5.41, 5.74) is 3.30. The largest absolute Gasteiger partial charge is 0.325 e. The van der Waals surface area contributed by atoms with Crippen LogP contribution < -0.4 is 9.62 Å². The van der Waals surface area contributed by atoms with Gasteiger partial charge in [0.25, 0.3) is 10.0 Å². The number of sulfonamides is 1. The Morgan fingerprint density at radius 3 is 2.65 bits per heavy atom. The van der Waals surface area contributed by atoms with Crippen molar-refractivity contribution in [3.8, 4) is 11.3 Å². The number of thioether (sulfide) groups is 1. The lowest BCUT2D eigenvalue weighted by Gasteiger charge is -2.28. The molecule has 7 nitrogen and oxygen atoms in total. The van der Waals surface area contributed by atoms with E-state index in [2.05, 4.69) is 22.2 Å². The zero-order valence-electron chi connectivity index (χ0n) is 16.8. The van der Waals surface area contributed by atoms with Crippen molar-refractivity contribution in [1.82, 2.24) is 9.97 Å². The minimum Gasteiger partial charge on any atom is -0.325 e. The van der Waals surface area contributed by atoms with E-state index >= 15 is 0 Å². The summed E-state index contributed by atoms with van der Waals surface area (Å²) in [5, 5.41) is 3.58. The second-order valence-corrected chi connectivity index (χ2v) is 10.2. The molecule has 10 heteroatoms. The van der Waals surface area contributed by atoms with Crippen molar-refractivity contribution in [2.75, 3.05) is 22.4 Å². The molecule has 0 atom stereocenters. The van der Waals surface area contributed by atoms with Crippen LogP contribution in [-0.4, -0.2) is 37.1 Å². The molecular formula is C21H19ClN4O3S2. The molecule has 2 aromatic carbocycles. The Morgan fingerprint density at radius 1 is 1.19 bits per heavy atom. The summed E-state index contributed by atoms with van der Waals surface area (Å²) in [6.07, 6.45) is 2.22. The van der Waals surface area contributed by atoms with Gasteiger partial charge in [0.2, 0.25) is 5.91 Å². The molecule has 0 bridgehead atoms. The number of hydrogen-bond donors (Lipinski definition) is 1. The fraction of sp³-hybridized carbons (Fsp3) is 0.190. The van der Waals surface area contributed by atoms with E-state index in [9.17, 15) is 13.2 Å². The first-order valence-corrected chi connectivity index (χ1v) is 12.3. The number of benzene rings is 2. The number of aryl methyl sites for hydroxylation is 1. The van der Waals surface area contributed by atoms with Gasteiger partial charge in [0.05, 0.1) is 23.3 Å². The second-order valence-electron chi connectivity index (χ2n) is 6.89. The third-order valence-electron chi connectivity index (χ3n) is 4.90. The fourth-order valence-corrected chi connectivity index (χ4v) is 5.27. The standard InChI is InChI=1S/C21H19ClN4O3S2/c1-3-13-4-7-15(8-5-13)24-19(27)12-30-21-23-11-18-20(25-21)16-9-6-14(22)10-17(16)26(2)31(18,28)29/h4-11H,3,12H2,1-2H3,(H,24,27). The predicted molar refractivity (Wildman–Crippen MR) is 123 cm³/mol. The summed E-state index contributed by atoms with van der Waals surface area (Å²) in [4.78, 5) is 20.9. The van der Waals surface area contributed by atoms with E-state index in [0.717, 1.165) is 18.2 Å². The zero-order valence-corrected chi connectivity index (χ0v) is 19.2. The Labute approximate surface area is 189 Å².